The molecule has 23 heavy (non-hydrogen) atoms. The van der Waals surface area contributed by atoms with Gasteiger partial charge in [0, 0.05) is 12.1 Å². The largest absolute Gasteiger partial charge is 0.493 e. The van der Waals surface area contributed by atoms with Crippen molar-refractivity contribution in [2.45, 2.75) is 13.3 Å². The highest BCUT2D eigenvalue weighted by Crippen LogP contribution is 2.26. The zero-order chi connectivity index (χ0) is 16.2. The summed E-state index contributed by atoms with van der Waals surface area (Å²) in [5.41, 5.74) is 3.89. The van der Waals surface area contributed by atoms with Gasteiger partial charge >= 0.3 is 6.09 Å². The summed E-state index contributed by atoms with van der Waals surface area (Å²) in [5, 5.41) is 10.7. The van der Waals surface area contributed by atoms with Gasteiger partial charge in [-0.2, -0.15) is 0 Å². The standard InChI is InChI=1S/C18H18N2O3/c1-12-2-5-15(6-3-12)20-18(21)23-11-16(19)13-4-7-17-14(10-13)8-9-22-17/h2-7,10,19H,8-9,11H2,1H3,(H,20,21). The topological polar surface area (TPSA) is 71.4 Å². The number of anilines is 1. The molecule has 1 aliphatic rings. The predicted octanol–water partition coefficient (Wildman–Crippen LogP) is 3.55. The van der Waals surface area contributed by atoms with Gasteiger partial charge in [-0.25, -0.2) is 4.79 Å². The van der Waals surface area contributed by atoms with Gasteiger partial charge in [-0.1, -0.05) is 17.7 Å². The molecular weight excluding hydrogens is 292 g/mol. The second-order valence-corrected chi connectivity index (χ2v) is 5.47. The van der Waals surface area contributed by atoms with Crippen molar-refractivity contribution in [3.05, 3.63) is 59.2 Å². The first-order valence-electron chi connectivity index (χ1n) is 7.46. The normalized spacial score (nSPS) is 12.2. The Morgan fingerprint density at radius 3 is 2.83 bits per heavy atom. The number of carbonyl (C=O) groups is 1. The number of ether oxygens (including phenoxy) is 2. The van der Waals surface area contributed by atoms with Crippen LogP contribution in [0.1, 0.15) is 16.7 Å². The third-order valence-electron chi connectivity index (χ3n) is 3.68. The van der Waals surface area contributed by atoms with Crippen LogP contribution in [-0.2, 0) is 11.2 Å². The summed E-state index contributed by atoms with van der Waals surface area (Å²) in [4.78, 5) is 11.8. The van der Waals surface area contributed by atoms with Crippen molar-refractivity contribution >= 4 is 17.5 Å². The fraction of sp³-hybridized carbons (Fsp3) is 0.222. The minimum absolute atomic E-state index is 0.0721. The van der Waals surface area contributed by atoms with Gasteiger partial charge in [0.25, 0.3) is 0 Å². The van der Waals surface area contributed by atoms with Crippen LogP contribution < -0.4 is 10.1 Å². The van der Waals surface area contributed by atoms with Gasteiger partial charge in [0.15, 0.2) is 0 Å². The molecule has 0 bridgehead atoms. The molecule has 0 spiro atoms. The van der Waals surface area contributed by atoms with Crippen LogP contribution in [0.5, 0.6) is 5.75 Å². The molecule has 2 aromatic rings. The Hall–Kier alpha value is -2.82. The Kier molecular flexibility index (Phi) is 4.28. The maximum Gasteiger partial charge on any atom is 0.412 e. The average Bonchev–Trinajstić information content (AvgIpc) is 3.02. The lowest BCUT2D eigenvalue weighted by Gasteiger charge is -2.09. The molecule has 2 aromatic carbocycles. The number of carbonyl (C=O) groups excluding carboxylic acids is 1. The van der Waals surface area contributed by atoms with E-state index in [1.165, 1.54) is 0 Å². The van der Waals surface area contributed by atoms with Gasteiger partial charge < -0.3 is 14.9 Å². The van der Waals surface area contributed by atoms with Crippen molar-refractivity contribution in [2.75, 3.05) is 18.5 Å². The van der Waals surface area contributed by atoms with Crippen LogP contribution in [0.2, 0.25) is 0 Å². The van der Waals surface area contributed by atoms with E-state index in [9.17, 15) is 4.79 Å². The average molecular weight is 310 g/mol. The quantitative estimate of drug-likeness (QED) is 0.848. The molecule has 3 rings (SSSR count). The van der Waals surface area contributed by atoms with Crippen LogP contribution >= 0.6 is 0 Å². The lowest BCUT2D eigenvalue weighted by Crippen LogP contribution is -2.19. The first-order chi connectivity index (χ1) is 11.1. The summed E-state index contributed by atoms with van der Waals surface area (Å²) < 4.78 is 10.5. The van der Waals surface area contributed by atoms with E-state index in [-0.39, 0.29) is 12.3 Å². The summed E-state index contributed by atoms with van der Waals surface area (Å²) >= 11 is 0. The van der Waals surface area contributed by atoms with Gasteiger partial charge in [0.05, 0.1) is 12.3 Å². The molecule has 1 heterocycles. The van der Waals surface area contributed by atoms with E-state index in [1.807, 2.05) is 49.4 Å². The van der Waals surface area contributed by atoms with Crippen molar-refractivity contribution in [1.29, 1.82) is 5.41 Å². The zero-order valence-corrected chi connectivity index (χ0v) is 12.9. The Morgan fingerprint density at radius 2 is 2.04 bits per heavy atom. The maximum absolute atomic E-state index is 11.8. The lowest BCUT2D eigenvalue weighted by atomic mass is 10.1. The first-order valence-corrected chi connectivity index (χ1v) is 7.46. The number of aryl methyl sites for hydroxylation is 1. The second kappa shape index (κ2) is 6.52. The predicted molar refractivity (Wildman–Crippen MR) is 88.6 cm³/mol. The third-order valence-corrected chi connectivity index (χ3v) is 3.68. The van der Waals surface area contributed by atoms with E-state index < -0.39 is 6.09 Å². The Balaban J connectivity index is 1.54. The minimum Gasteiger partial charge on any atom is -0.493 e. The van der Waals surface area contributed by atoms with Gasteiger partial charge in [-0.05, 0) is 48.4 Å². The number of benzene rings is 2. The van der Waals surface area contributed by atoms with Crippen LogP contribution in [0.15, 0.2) is 42.5 Å². The van der Waals surface area contributed by atoms with Crippen molar-refractivity contribution in [1.82, 2.24) is 0 Å². The van der Waals surface area contributed by atoms with E-state index in [2.05, 4.69) is 5.32 Å². The highest BCUT2D eigenvalue weighted by atomic mass is 16.5. The molecule has 2 N–H and O–H groups in total. The van der Waals surface area contributed by atoms with Gasteiger partial charge in [-0.3, -0.25) is 5.32 Å². The Bertz CT molecular complexity index is 738. The van der Waals surface area contributed by atoms with Crippen molar-refractivity contribution in [2.24, 2.45) is 0 Å². The fourth-order valence-corrected chi connectivity index (χ4v) is 2.39. The molecule has 1 aliphatic heterocycles. The number of fused-ring (bicyclic) bond motifs is 1. The number of hydrogen-bond acceptors (Lipinski definition) is 4. The third kappa shape index (κ3) is 3.69. The Morgan fingerprint density at radius 1 is 1.26 bits per heavy atom. The van der Waals surface area contributed by atoms with Crippen LogP contribution in [0.3, 0.4) is 0 Å². The molecule has 0 saturated carbocycles. The van der Waals surface area contributed by atoms with Crippen LogP contribution in [-0.4, -0.2) is 25.0 Å². The van der Waals surface area contributed by atoms with E-state index in [0.717, 1.165) is 28.9 Å². The summed E-state index contributed by atoms with van der Waals surface area (Å²) in [6.45, 7) is 2.59. The molecule has 0 atom stereocenters. The maximum atomic E-state index is 11.8. The van der Waals surface area contributed by atoms with Crippen LogP contribution in [0.4, 0.5) is 10.5 Å². The molecule has 0 saturated heterocycles. The molecule has 0 fully saturated rings. The fourth-order valence-electron chi connectivity index (χ4n) is 2.39. The zero-order valence-electron chi connectivity index (χ0n) is 12.9. The van der Waals surface area contributed by atoms with E-state index >= 15 is 0 Å². The summed E-state index contributed by atoms with van der Waals surface area (Å²) in [7, 11) is 0. The van der Waals surface area contributed by atoms with E-state index in [1.54, 1.807) is 0 Å². The molecular formula is C18H18N2O3. The van der Waals surface area contributed by atoms with Gasteiger partial charge in [0.2, 0.25) is 0 Å². The molecule has 0 aliphatic carbocycles. The van der Waals surface area contributed by atoms with Gasteiger partial charge in [-0.15, -0.1) is 0 Å². The molecule has 0 aromatic heterocycles. The number of nitrogens with one attached hydrogen (secondary N) is 2. The summed E-state index contributed by atoms with van der Waals surface area (Å²) in [5.74, 6) is 0.875. The highest BCUT2D eigenvalue weighted by molar-refractivity contribution is 6.00. The molecule has 5 heteroatoms. The summed E-state index contributed by atoms with van der Waals surface area (Å²) in [6, 6.07) is 13.0. The SMILES string of the molecule is Cc1ccc(NC(=O)OCC(=N)c2ccc3c(c2)CCO3)cc1. The molecule has 5 nitrogen and oxygen atoms in total. The number of hydrogen-bond donors (Lipinski definition) is 2. The van der Waals surface area contributed by atoms with Gasteiger partial charge in [0.1, 0.15) is 12.4 Å². The number of amides is 1. The Labute approximate surface area is 134 Å². The summed E-state index contributed by atoms with van der Waals surface area (Å²) in [6.07, 6.45) is 0.286. The highest BCUT2D eigenvalue weighted by Gasteiger charge is 2.14. The molecule has 118 valence electrons. The first kappa shape index (κ1) is 15.1. The van der Waals surface area contributed by atoms with E-state index in [0.29, 0.717) is 12.3 Å². The lowest BCUT2D eigenvalue weighted by molar-refractivity contribution is 0.177. The smallest absolute Gasteiger partial charge is 0.412 e. The van der Waals surface area contributed by atoms with E-state index in [4.69, 9.17) is 14.9 Å². The second-order valence-electron chi connectivity index (χ2n) is 5.47. The van der Waals surface area contributed by atoms with Crippen molar-refractivity contribution < 1.29 is 14.3 Å². The van der Waals surface area contributed by atoms with Crippen molar-refractivity contribution in [3.63, 3.8) is 0 Å². The molecule has 0 radical (unpaired) electrons. The number of rotatable bonds is 4. The van der Waals surface area contributed by atoms with Crippen LogP contribution in [0.25, 0.3) is 0 Å². The molecule has 1 amide bonds. The minimum atomic E-state index is -0.567. The monoisotopic (exact) mass is 310 g/mol. The van der Waals surface area contributed by atoms with Crippen LogP contribution in [0, 0.1) is 12.3 Å². The molecule has 0 unspecified atom stereocenters. The van der Waals surface area contributed by atoms with Crippen molar-refractivity contribution in [3.8, 4) is 5.75 Å².